The van der Waals surface area contributed by atoms with E-state index in [4.69, 9.17) is 5.73 Å². The van der Waals surface area contributed by atoms with Crippen molar-refractivity contribution in [1.82, 2.24) is 4.90 Å². The van der Waals surface area contributed by atoms with Gasteiger partial charge in [-0.3, -0.25) is 0 Å². The van der Waals surface area contributed by atoms with Crippen LogP contribution in [0.25, 0.3) is 0 Å². The van der Waals surface area contributed by atoms with Gasteiger partial charge in [-0.2, -0.15) is 0 Å². The molecule has 0 bridgehead atoms. The second kappa shape index (κ2) is 7.12. The maximum absolute atomic E-state index is 5.94. The van der Waals surface area contributed by atoms with Crippen molar-refractivity contribution in [3.05, 3.63) is 28.2 Å². The third-order valence-corrected chi connectivity index (χ3v) is 5.75. The van der Waals surface area contributed by atoms with E-state index in [9.17, 15) is 0 Å². The molecule has 3 rings (SSSR count). The van der Waals surface area contributed by atoms with Crippen LogP contribution in [0.5, 0.6) is 0 Å². The summed E-state index contributed by atoms with van der Waals surface area (Å²) in [5.74, 6) is 0. The summed E-state index contributed by atoms with van der Waals surface area (Å²) in [6.07, 6.45) is 6.78. The molecule has 0 atom stereocenters. The van der Waals surface area contributed by atoms with Crippen molar-refractivity contribution < 1.29 is 0 Å². The first kappa shape index (κ1) is 15.3. The number of hydrogen-bond acceptors (Lipinski definition) is 3. The molecule has 1 aromatic carbocycles. The predicted octanol–water partition coefficient (Wildman–Crippen LogP) is 3.36. The van der Waals surface area contributed by atoms with Crippen LogP contribution in [0.2, 0.25) is 0 Å². The molecule has 0 radical (unpaired) electrons. The minimum atomic E-state index is 0.600. The lowest BCUT2D eigenvalue weighted by Gasteiger charge is -2.41. The van der Waals surface area contributed by atoms with Gasteiger partial charge in [0.2, 0.25) is 0 Å². The fraction of sp³-hybridized carbons (Fsp3) is 0.647. The largest absolute Gasteiger partial charge is 0.371 e. The van der Waals surface area contributed by atoms with Crippen molar-refractivity contribution in [2.24, 2.45) is 5.73 Å². The van der Waals surface area contributed by atoms with Gasteiger partial charge < -0.3 is 15.5 Å². The van der Waals surface area contributed by atoms with Gasteiger partial charge in [-0.25, -0.2) is 0 Å². The summed E-state index contributed by atoms with van der Waals surface area (Å²) < 4.78 is 1.14. The first-order valence-electron chi connectivity index (χ1n) is 8.26. The molecule has 1 aromatic rings. The van der Waals surface area contributed by atoms with Gasteiger partial charge in [0.25, 0.3) is 0 Å². The minimum absolute atomic E-state index is 0.600. The van der Waals surface area contributed by atoms with E-state index < -0.39 is 0 Å². The van der Waals surface area contributed by atoms with E-state index in [1.165, 1.54) is 56.4 Å². The Bertz CT molecular complexity index is 463. The van der Waals surface area contributed by atoms with E-state index in [-0.39, 0.29) is 0 Å². The number of piperidine rings is 2. The van der Waals surface area contributed by atoms with Crippen LogP contribution in [0.3, 0.4) is 0 Å². The Kier molecular flexibility index (Phi) is 5.19. The van der Waals surface area contributed by atoms with Crippen LogP contribution in [0, 0.1) is 0 Å². The molecule has 116 valence electrons. The Hall–Kier alpha value is -0.580. The topological polar surface area (TPSA) is 32.5 Å². The smallest absolute Gasteiger partial charge is 0.0423 e. The summed E-state index contributed by atoms with van der Waals surface area (Å²) in [7, 11) is 0. The van der Waals surface area contributed by atoms with Crippen molar-refractivity contribution in [2.75, 3.05) is 31.1 Å². The SMILES string of the molecule is NCc1c(Br)cccc1N1CCC(N2CCCCC2)CC1. The van der Waals surface area contributed by atoms with E-state index in [1.807, 2.05) is 0 Å². The third-order valence-electron chi connectivity index (χ3n) is 5.01. The molecule has 2 N–H and O–H groups in total. The fourth-order valence-electron chi connectivity index (χ4n) is 3.80. The molecule has 2 heterocycles. The van der Waals surface area contributed by atoms with Crippen LogP contribution in [-0.2, 0) is 6.54 Å². The highest BCUT2D eigenvalue weighted by Crippen LogP contribution is 2.30. The standard InChI is InChI=1S/C17H26BrN3/c18-16-5-4-6-17(15(16)13-19)21-11-7-14(8-12-21)20-9-2-1-3-10-20/h4-6,14H,1-3,7-13,19H2. The molecule has 4 heteroatoms. The average Bonchev–Trinajstić information content (AvgIpc) is 2.55. The molecule has 0 aliphatic carbocycles. The number of hydrogen-bond donors (Lipinski definition) is 1. The Morgan fingerprint density at radius 2 is 1.76 bits per heavy atom. The van der Waals surface area contributed by atoms with Crippen LogP contribution < -0.4 is 10.6 Å². The number of anilines is 1. The van der Waals surface area contributed by atoms with Crippen LogP contribution >= 0.6 is 15.9 Å². The van der Waals surface area contributed by atoms with Gasteiger partial charge in [0.1, 0.15) is 0 Å². The first-order chi connectivity index (χ1) is 10.3. The van der Waals surface area contributed by atoms with Crippen molar-refractivity contribution in [3.63, 3.8) is 0 Å². The molecule has 2 saturated heterocycles. The van der Waals surface area contributed by atoms with E-state index in [2.05, 4.69) is 43.9 Å². The highest BCUT2D eigenvalue weighted by atomic mass is 79.9. The maximum Gasteiger partial charge on any atom is 0.0423 e. The molecule has 3 nitrogen and oxygen atoms in total. The lowest BCUT2D eigenvalue weighted by atomic mass is 9.99. The van der Waals surface area contributed by atoms with Crippen molar-refractivity contribution in [3.8, 4) is 0 Å². The summed E-state index contributed by atoms with van der Waals surface area (Å²) in [6.45, 7) is 5.54. The monoisotopic (exact) mass is 351 g/mol. The van der Waals surface area contributed by atoms with Gasteiger partial charge in [0.05, 0.1) is 0 Å². The second-order valence-electron chi connectivity index (χ2n) is 6.26. The zero-order valence-corrected chi connectivity index (χ0v) is 14.3. The van der Waals surface area contributed by atoms with Crippen molar-refractivity contribution >= 4 is 21.6 Å². The van der Waals surface area contributed by atoms with Crippen molar-refractivity contribution in [2.45, 2.75) is 44.7 Å². The van der Waals surface area contributed by atoms with Crippen molar-refractivity contribution in [1.29, 1.82) is 0 Å². The minimum Gasteiger partial charge on any atom is -0.371 e. The summed E-state index contributed by atoms with van der Waals surface area (Å²) in [5, 5.41) is 0. The molecule has 0 aromatic heterocycles. The molecule has 21 heavy (non-hydrogen) atoms. The first-order valence-corrected chi connectivity index (χ1v) is 9.05. The quantitative estimate of drug-likeness (QED) is 0.905. The zero-order valence-electron chi connectivity index (χ0n) is 12.7. The molecular formula is C17H26BrN3. The Morgan fingerprint density at radius 1 is 1.05 bits per heavy atom. The summed E-state index contributed by atoms with van der Waals surface area (Å²) in [5.41, 5.74) is 8.50. The molecule has 0 spiro atoms. The molecule has 0 amide bonds. The number of rotatable bonds is 3. The van der Waals surface area contributed by atoms with E-state index >= 15 is 0 Å². The molecule has 2 aliphatic rings. The maximum atomic E-state index is 5.94. The van der Waals surface area contributed by atoms with Gasteiger partial charge >= 0.3 is 0 Å². The summed E-state index contributed by atoms with van der Waals surface area (Å²) >= 11 is 3.63. The predicted molar refractivity (Wildman–Crippen MR) is 92.7 cm³/mol. The molecule has 2 fully saturated rings. The lowest BCUT2D eigenvalue weighted by Crippen LogP contribution is -2.47. The van der Waals surface area contributed by atoms with Gasteiger partial charge in [0.15, 0.2) is 0 Å². The Balaban J connectivity index is 1.64. The van der Waals surface area contributed by atoms with E-state index in [0.717, 1.165) is 23.6 Å². The van der Waals surface area contributed by atoms with Gasteiger partial charge in [-0.1, -0.05) is 28.4 Å². The fourth-order valence-corrected chi connectivity index (χ4v) is 4.32. The molecule has 0 saturated carbocycles. The summed E-state index contributed by atoms with van der Waals surface area (Å²) in [4.78, 5) is 5.25. The number of halogens is 1. The normalized spacial score (nSPS) is 21.7. The van der Waals surface area contributed by atoms with E-state index in [0.29, 0.717) is 6.54 Å². The number of benzene rings is 1. The number of nitrogens with two attached hydrogens (primary N) is 1. The lowest BCUT2D eigenvalue weighted by molar-refractivity contribution is 0.141. The Morgan fingerprint density at radius 3 is 2.43 bits per heavy atom. The van der Waals surface area contributed by atoms with Gasteiger partial charge in [-0.15, -0.1) is 0 Å². The number of nitrogens with zero attached hydrogens (tertiary/aromatic N) is 2. The van der Waals surface area contributed by atoms with Crippen LogP contribution in [0.4, 0.5) is 5.69 Å². The highest BCUT2D eigenvalue weighted by Gasteiger charge is 2.26. The average molecular weight is 352 g/mol. The third kappa shape index (κ3) is 3.43. The van der Waals surface area contributed by atoms with Crippen LogP contribution in [0.15, 0.2) is 22.7 Å². The van der Waals surface area contributed by atoms with Crippen LogP contribution in [-0.4, -0.2) is 37.1 Å². The van der Waals surface area contributed by atoms with E-state index in [1.54, 1.807) is 0 Å². The van der Waals surface area contributed by atoms with Crippen LogP contribution in [0.1, 0.15) is 37.7 Å². The van der Waals surface area contributed by atoms with Gasteiger partial charge in [0, 0.05) is 41.4 Å². The number of likely N-dealkylation sites (tertiary alicyclic amines) is 1. The Labute approximate surface area is 136 Å². The molecule has 0 unspecified atom stereocenters. The van der Waals surface area contributed by atoms with Gasteiger partial charge in [-0.05, 0) is 50.9 Å². The zero-order chi connectivity index (χ0) is 14.7. The summed E-state index contributed by atoms with van der Waals surface area (Å²) in [6, 6.07) is 7.23. The highest BCUT2D eigenvalue weighted by molar-refractivity contribution is 9.10. The molecular weight excluding hydrogens is 326 g/mol. The molecule has 2 aliphatic heterocycles. The second-order valence-corrected chi connectivity index (χ2v) is 7.11.